The monoisotopic (exact) mass is 268 g/mol. The first-order valence-corrected chi connectivity index (χ1v) is 7.07. The van der Waals surface area contributed by atoms with Crippen LogP contribution in [0.2, 0.25) is 5.54 Å². The number of carbonyl (C=O) groups is 1. The average Bonchev–Trinajstić information content (AvgIpc) is 2.39. The molecule has 0 saturated carbocycles. The standard InChI is InChI=1S/C12H18NO4Si/c1-10(18(15-2)16-3)9-17-12(14)8-11-6-4-5-7-13-11/h4-7,10H,8-9H2,1-3H3. The zero-order valence-corrected chi connectivity index (χ0v) is 11.9. The van der Waals surface area contributed by atoms with Crippen molar-refractivity contribution >= 4 is 15.3 Å². The van der Waals surface area contributed by atoms with E-state index < -0.39 is 9.28 Å². The SMILES string of the molecule is CO[Si](OC)C(C)COC(=O)Cc1ccccn1. The largest absolute Gasteiger partial charge is 0.465 e. The van der Waals surface area contributed by atoms with Crippen LogP contribution in [0.3, 0.4) is 0 Å². The molecule has 0 amide bonds. The minimum atomic E-state index is -1.36. The molecule has 6 heteroatoms. The Morgan fingerprint density at radius 1 is 1.39 bits per heavy atom. The Morgan fingerprint density at radius 2 is 2.11 bits per heavy atom. The molecule has 1 aromatic heterocycles. The summed E-state index contributed by atoms with van der Waals surface area (Å²) in [5.74, 6) is -0.283. The summed E-state index contributed by atoms with van der Waals surface area (Å²) in [6.45, 7) is 2.25. The third-order valence-corrected chi connectivity index (χ3v) is 4.13. The highest BCUT2D eigenvalue weighted by atomic mass is 28.3. The van der Waals surface area contributed by atoms with E-state index in [0.717, 1.165) is 0 Å². The highest BCUT2D eigenvalue weighted by molar-refractivity contribution is 6.46. The molecule has 1 heterocycles. The van der Waals surface area contributed by atoms with Crippen LogP contribution in [0.4, 0.5) is 0 Å². The van der Waals surface area contributed by atoms with Crippen molar-refractivity contribution in [3.63, 3.8) is 0 Å². The van der Waals surface area contributed by atoms with Gasteiger partial charge in [-0.2, -0.15) is 0 Å². The van der Waals surface area contributed by atoms with Crippen molar-refractivity contribution in [2.45, 2.75) is 18.9 Å². The molecule has 0 bridgehead atoms. The normalized spacial score (nSPS) is 12.4. The zero-order chi connectivity index (χ0) is 13.4. The first-order valence-electron chi connectivity index (χ1n) is 5.67. The first-order chi connectivity index (χ1) is 8.67. The quantitative estimate of drug-likeness (QED) is 0.552. The van der Waals surface area contributed by atoms with Gasteiger partial charge in [-0.15, -0.1) is 0 Å². The molecule has 18 heavy (non-hydrogen) atoms. The molecule has 1 rings (SSSR count). The van der Waals surface area contributed by atoms with E-state index in [1.165, 1.54) is 0 Å². The lowest BCUT2D eigenvalue weighted by Gasteiger charge is -2.16. The van der Waals surface area contributed by atoms with Gasteiger partial charge in [-0.05, 0) is 12.1 Å². The average molecular weight is 268 g/mol. The van der Waals surface area contributed by atoms with Crippen LogP contribution in [-0.2, 0) is 24.8 Å². The van der Waals surface area contributed by atoms with Crippen molar-refractivity contribution in [2.75, 3.05) is 20.8 Å². The molecule has 0 N–H and O–H groups in total. The fourth-order valence-electron chi connectivity index (χ4n) is 1.47. The Morgan fingerprint density at radius 3 is 2.67 bits per heavy atom. The number of esters is 1. The maximum absolute atomic E-state index is 11.6. The smallest absolute Gasteiger partial charge is 0.390 e. The Balaban J connectivity index is 2.33. The van der Waals surface area contributed by atoms with E-state index in [1.54, 1.807) is 26.5 Å². The van der Waals surface area contributed by atoms with E-state index >= 15 is 0 Å². The van der Waals surface area contributed by atoms with Gasteiger partial charge in [0.15, 0.2) is 0 Å². The summed E-state index contributed by atoms with van der Waals surface area (Å²) in [7, 11) is 1.84. The topological polar surface area (TPSA) is 57.7 Å². The maximum atomic E-state index is 11.6. The van der Waals surface area contributed by atoms with Gasteiger partial charge in [0.05, 0.1) is 18.7 Å². The van der Waals surface area contributed by atoms with Crippen molar-refractivity contribution in [3.05, 3.63) is 30.1 Å². The van der Waals surface area contributed by atoms with Crippen LogP contribution < -0.4 is 0 Å². The van der Waals surface area contributed by atoms with Crippen molar-refractivity contribution in [3.8, 4) is 0 Å². The number of aromatic nitrogens is 1. The van der Waals surface area contributed by atoms with Gasteiger partial charge in [-0.25, -0.2) is 0 Å². The number of hydrogen-bond donors (Lipinski definition) is 0. The predicted octanol–water partition coefficient (Wildman–Crippen LogP) is 1.34. The van der Waals surface area contributed by atoms with E-state index in [1.807, 2.05) is 19.1 Å². The molecule has 0 saturated heterocycles. The van der Waals surface area contributed by atoms with Gasteiger partial charge in [0, 0.05) is 26.0 Å². The summed E-state index contributed by atoms with van der Waals surface area (Å²) in [6, 6.07) is 5.45. The van der Waals surface area contributed by atoms with Gasteiger partial charge in [0.2, 0.25) is 0 Å². The highest BCUT2D eigenvalue weighted by Crippen LogP contribution is 2.11. The molecular formula is C12H18NO4Si. The summed E-state index contributed by atoms with van der Waals surface area (Å²) >= 11 is 0. The van der Waals surface area contributed by atoms with E-state index in [4.69, 9.17) is 13.6 Å². The van der Waals surface area contributed by atoms with E-state index in [0.29, 0.717) is 12.3 Å². The molecule has 5 nitrogen and oxygen atoms in total. The van der Waals surface area contributed by atoms with E-state index in [-0.39, 0.29) is 17.9 Å². The van der Waals surface area contributed by atoms with Gasteiger partial charge < -0.3 is 13.6 Å². The van der Waals surface area contributed by atoms with Crippen molar-refractivity contribution < 1.29 is 18.4 Å². The highest BCUT2D eigenvalue weighted by Gasteiger charge is 2.23. The van der Waals surface area contributed by atoms with Gasteiger partial charge in [-0.1, -0.05) is 13.0 Å². The number of rotatable bonds is 7. The molecule has 0 aliphatic heterocycles. The summed E-state index contributed by atoms with van der Waals surface area (Å²) in [6.07, 6.45) is 1.85. The van der Waals surface area contributed by atoms with Crippen LogP contribution in [0.15, 0.2) is 24.4 Å². The molecular weight excluding hydrogens is 250 g/mol. The Bertz CT molecular complexity index is 356. The minimum Gasteiger partial charge on any atom is -0.465 e. The van der Waals surface area contributed by atoms with Crippen LogP contribution in [0.5, 0.6) is 0 Å². The van der Waals surface area contributed by atoms with Gasteiger partial charge in [0.1, 0.15) is 0 Å². The molecule has 0 aliphatic rings. The van der Waals surface area contributed by atoms with Gasteiger partial charge >= 0.3 is 15.3 Å². The summed E-state index contributed by atoms with van der Waals surface area (Å²) in [5, 5.41) is 0. The van der Waals surface area contributed by atoms with Crippen LogP contribution in [0, 0.1) is 0 Å². The second kappa shape index (κ2) is 7.96. The van der Waals surface area contributed by atoms with Crippen molar-refractivity contribution in [1.29, 1.82) is 0 Å². The zero-order valence-electron chi connectivity index (χ0n) is 10.9. The fraction of sp³-hybridized carbons (Fsp3) is 0.500. The summed E-state index contributed by atoms with van der Waals surface area (Å²) in [5.41, 5.74) is 0.789. The summed E-state index contributed by atoms with van der Waals surface area (Å²) in [4.78, 5) is 15.7. The van der Waals surface area contributed by atoms with Crippen LogP contribution in [-0.4, -0.2) is 41.1 Å². The number of nitrogens with zero attached hydrogens (tertiary/aromatic N) is 1. The number of pyridine rings is 1. The molecule has 1 radical (unpaired) electrons. The second-order valence-electron chi connectivity index (χ2n) is 3.81. The molecule has 0 spiro atoms. The van der Waals surface area contributed by atoms with E-state index in [9.17, 15) is 4.79 Å². The molecule has 1 unspecified atom stereocenters. The van der Waals surface area contributed by atoms with Crippen LogP contribution in [0.1, 0.15) is 12.6 Å². The van der Waals surface area contributed by atoms with Crippen LogP contribution >= 0.6 is 0 Å². The first kappa shape index (κ1) is 14.8. The summed E-state index contributed by atoms with van der Waals surface area (Å²) < 4.78 is 15.6. The number of carbonyl (C=O) groups excluding carboxylic acids is 1. The van der Waals surface area contributed by atoms with E-state index in [2.05, 4.69) is 4.98 Å². The lowest BCUT2D eigenvalue weighted by Crippen LogP contribution is -2.28. The van der Waals surface area contributed by atoms with Gasteiger partial charge in [-0.3, -0.25) is 9.78 Å². The van der Waals surface area contributed by atoms with Crippen LogP contribution in [0.25, 0.3) is 0 Å². The Labute approximate surface area is 109 Å². The molecule has 1 aromatic rings. The lowest BCUT2D eigenvalue weighted by molar-refractivity contribution is -0.143. The molecule has 0 aliphatic carbocycles. The third-order valence-electron chi connectivity index (χ3n) is 2.35. The molecule has 99 valence electrons. The molecule has 1 atom stereocenters. The maximum Gasteiger partial charge on any atom is 0.390 e. The van der Waals surface area contributed by atoms with Gasteiger partial charge in [0.25, 0.3) is 0 Å². The van der Waals surface area contributed by atoms with Crippen molar-refractivity contribution in [1.82, 2.24) is 4.98 Å². The Kier molecular flexibility index (Phi) is 6.56. The minimum absolute atomic E-state index is 0.0812. The predicted molar refractivity (Wildman–Crippen MR) is 68.1 cm³/mol. The van der Waals surface area contributed by atoms with Crippen molar-refractivity contribution in [2.24, 2.45) is 0 Å². The lowest BCUT2D eigenvalue weighted by atomic mass is 10.3. The molecule has 0 fully saturated rings. The number of ether oxygens (including phenoxy) is 1. The third kappa shape index (κ3) is 4.95. The Hall–Kier alpha value is -1.24. The second-order valence-corrected chi connectivity index (χ2v) is 6.25. The number of hydrogen-bond acceptors (Lipinski definition) is 5. The molecule has 0 aromatic carbocycles. The fourth-order valence-corrected chi connectivity index (χ4v) is 2.66.